The zero-order valence-electron chi connectivity index (χ0n) is 21.6. The van der Waals surface area contributed by atoms with E-state index >= 15 is 0 Å². The summed E-state index contributed by atoms with van der Waals surface area (Å²) in [5.74, 6) is 0.594. The molecule has 2 saturated carbocycles. The second kappa shape index (κ2) is 13.0. The van der Waals surface area contributed by atoms with Crippen LogP contribution in [0, 0.1) is 0 Å². The van der Waals surface area contributed by atoms with Crippen molar-refractivity contribution in [3.63, 3.8) is 0 Å². The van der Waals surface area contributed by atoms with Crippen LogP contribution in [0.25, 0.3) is 0 Å². The number of carbonyl (C=O) groups excluding carboxylic acids is 2. The summed E-state index contributed by atoms with van der Waals surface area (Å²) in [5.41, 5.74) is 0.259. The highest BCUT2D eigenvalue weighted by atomic mass is 16.5. The van der Waals surface area contributed by atoms with Gasteiger partial charge in [0.05, 0.1) is 6.54 Å². The molecule has 0 aliphatic heterocycles. The Morgan fingerprint density at radius 3 is 2.03 bits per heavy atom. The number of nitrogens with one attached hydrogen (secondary N) is 3. The molecule has 0 heterocycles. The van der Waals surface area contributed by atoms with E-state index in [0.717, 1.165) is 38.5 Å². The summed E-state index contributed by atoms with van der Waals surface area (Å²) in [6, 6.07) is 7.24. The van der Waals surface area contributed by atoms with Crippen LogP contribution in [0.15, 0.2) is 24.3 Å². The normalized spacial score (nSPS) is 18.4. The number of anilines is 1. The van der Waals surface area contributed by atoms with Gasteiger partial charge < -0.3 is 30.7 Å². The summed E-state index contributed by atoms with van der Waals surface area (Å²) in [7, 11) is 0. The number of amides is 4. The zero-order chi connectivity index (χ0) is 25.3. The summed E-state index contributed by atoms with van der Waals surface area (Å²) < 4.78 is 5.76. The molecule has 2 aliphatic rings. The summed E-state index contributed by atoms with van der Waals surface area (Å²) in [6.45, 7) is 6.16. The molecular weight excluding hydrogens is 444 g/mol. The van der Waals surface area contributed by atoms with Gasteiger partial charge in [-0.05, 0) is 70.7 Å². The number of β-amino-alcohol motifs (C(OH)–C–C–N with tert-alkyl or cyclic N) is 1. The number of benzene rings is 1. The van der Waals surface area contributed by atoms with Gasteiger partial charge in [-0.2, -0.15) is 0 Å². The standard InChI is InChI=1S/C27H44N4O4/c1-27(2,3)31(26(34)30-21-12-8-5-9-13-21)18-23(32)19-35-24-16-14-22(15-17-24)29-25(33)28-20-10-6-4-7-11-20/h14-17,20-21,23,32H,4-13,18-19H2,1-3H3,(H,30,34)(H2,28,29,33). The number of aliphatic hydroxyl groups excluding tert-OH is 1. The third-order valence-corrected chi connectivity index (χ3v) is 6.88. The van der Waals surface area contributed by atoms with E-state index in [2.05, 4.69) is 16.0 Å². The predicted molar refractivity (Wildman–Crippen MR) is 139 cm³/mol. The number of hydrogen-bond acceptors (Lipinski definition) is 4. The first-order chi connectivity index (χ1) is 16.7. The lowest BCUT2D eigenvalue weighted by Gasteiger charge is -2.38. The van der Waals surface area contributed by atoms with Gasteiger partial charge in [0.2, 0.25) is 0 Å². The molecule has 1 unspecified atom stereocenters. The lowest BCUT2D eigenvalue weighted by molar-refractivity contribution is 0.0497. The number of rotatable bonds is 8. The van der Waals surface area contributed by atoms with Crippen molar-refractivity contribution in [1.29, 1.82) is 0 Å². The second-order valence-electron chi connectivity index (χ2n) is 11.0. The molecule has 2 fully saturated rings. The first-order valence-electron chi connectivity index (χ1n) is 13.3. The van der Waals surface area contributed by atoms with Crippen molar-refractivity contribution in [3.8, 4) is 5.75 Å². The molecule has 0 bridgehead atoms. The summed E-state index contributed by atoms with van der Waals surface area (Å²) in [5, 5.41) is 19.7. The van der Waals surface area contributed by atoms with Crippen LogP contribution in [0.2, 0.25) is 0 Å². The third kappa shape index (κ3) is 9.24. The minimum absolute atomic E-state index is 0.0677. The quantitative estimate of drug-likeness (QED) is 0.412. The lowest BCUT2D eigenvalue weighted by Crippen LogP contribution is -2.55. The minimum atomic E-state index is -0.828. The fourth-order valence-electron chi connectivity index (χ4n) is 4.85. The summed E-state index contributed by atoms with van der Waals surface area (Å²) in [6.07, 6.45) is 10.4. The van der Waals surface area contributed by atoms with Gasteiger partial charge in [0.25, 0.3) is 0 Å². The molecule has 8 heteroatoms. The van der Waals surface area contributed by atoms with Crippen molar-refractivity contribution in [1.82, 2.24) is 15.5 Å². The Balaban J connectivity index is 1.44. The molecule has 3 rings (SSSR count). The number of aliphatic hydroxyl groups is 1. The monoisotopic (exact) mass is 488 g/mol. The Morgan fingerprint density at radius 1 is 0.943 bits per heavy atom. The van der Waals surface area contributed by atoms with Crippen molar-refractivity contribution >= 4 is 17.7 Å². The molecule has 4 amide bonds. The van der Waals surface area contributed by atoms with Gasteiger partial charge >= 0.3 is 12.1 Å². The Morgan fingerprint density at radius 2 is 1.49 bits per heavy atom. The molecule has 0 saturated heterocycles. The van der Waals surface area contributed by atoms with E-state index in [4.69, 9.17) is 4.74 Å². The maximum absolute atomic E-state index is 12.9. The van der Waals surface area contributed by atoms with E-state index in [1.807, 2.05) is 20.8 Å². The fourth-order valence-corrected chi connectivity index (χ4v) is 4.85. The van der Waals surface area contributed by atoms with Gasteiger partial charge in [0.1, 0.15) is 18.5 Å². The average molecular weight is 489 g/mol. The molecule has 8 nitrogen and oxygen atoms in total. The Hall–Kier alpha value is -2.48. The highest BCUT2D eigenvalue weighted by Gasteiger charge is 2.30. The summed E-state index contributed by atoms with van der Waals surface area (Å²) >= 11 is 0. The van der Waals surface area contributed by atoms with Gasteiger partial charge in [0, 0.05) is 23.3 Å². The highest BCUT2D eigenvalue weighted by Crippen LogP contribution is 2.21. The molecule has 1 aromatic carbocycles. The second-order valence-corrected chi connectivity index (χ2v) is 11.0. The topological polar surface area (TPSA) is 103 Å². The number of nitrogens with zero attached hydrogens (tertiary/aromatic N) is 1. The van der Waals surface area contributed by atoms with Crippen molar-refractivity contribution in [2.75, 3.05) is 18.5 Å². The van der Waals surface area contributed by atoms with Gasteiger partial charge in [0.15, 0.2) is 0 Å². The number of carbonyl (C=O) groups is 2. The van der Waals surface area contributed by atoms with Gasteiger partial charge in [-0.15, -0.1) is 0 Å². The van der Waals surface area contributed by atoms with Gasteiger partial charge in [-0.1, -0.05) is 38.5 Å². The lowest BCUT2D eigenvalue weighted by atomic mass is 9.95. The molecule has 0 spiro atoms. The maximum atomic E-state index is 12.9. The van der Waals surface area contributed by atoms with Gasteiger partial charge in [-0.3, -0.25) is 0 Å². The highest BCUT2D eigenvalue weighted by molar-refractivity contribution is 5.89. The third-order valence-electron chi connectivity index (χ3n) is 6.88. The number of ether oxygens (including phenoxy) is 1. The van der Waals surface area contributed by atoms with E-state index in [0.29, 0.717) is 11.4 Å². The van der Waals surface area contributed by atoms with Crippen molar-refractivity contribution in [2.24, 2.45) is 0 Å². The number of hydrogen-bond donors (Lipinski definition) is 4. The average Bonchev–Trinajstić information content (AvgIpc) is 2.82. The Bertz CT molecular complexity index is 796. The first kappa shape index (κ1) is 27.1. The molecule has 196 valence electrons. The van der Waals surface area contributed by atoms with Crippen LogP contribution < -0.4 is 20.7 Å². The zero-order valence-corrected chi connectivity index (χ0v) is 21.6. The van der Waals surface area contributed by atoms with E-state index in [1.165, 1.54) is 25.7 Å². The minimum Gasteiger partial charge on any atom is -0.491 e. The van der Waals surface area contributed by atoms with E-state index in [-0.39, 0.29) is 37.3 Å². The van der Waals surface area contributed by atoms with Crippen LogP contribution in [0.1, 0.15) is 85.0 Å². The molecule has 1 aromatic rings. The predicted octanol–water partition coefficient (Wildman–Crippen LogP) is 5.02. The molecule has 1 atom stereocenters. The maximum Gasteiger partial charge on any atom is 0.319 e. The number of urea groups is 2. The molecule has 4 N–H and O–H groups in total. The van der Waals surface area contributed by atoms with Gasteiger partial charge in [-0.25, -0.2) is 9.59 Å². The van der Waals surface area contributed by atoms with Crippen LogP contribution in [-0.2, 0) is 0 Å². The molecule has 35 heavy (non-hydrogen) atoms. The molecular formula is C27H44N4O4. The Labute approximate surface area is 210 Å². The van der Waals surface area contributed by atoms with E-state index < -0.39 is 11.6 Å². The van der Waals surface area contributed by atoms with Crippen LogP contribution in [0.4, 0.5) is 15.3 Å². The molecule has 0 aromatic heterocycles. The molecule has 2 aliphatic carbocycles. The van der Waals surface area contributed by atoms with Crippen molar-refractivity contribution in [2.45, 2.75) is 109 Å². The molecule has 0 radical (unpaired) electrons. The van der Waals surface area contributed by atoms with E-state index in [1.54, 1.807) is 29.2 Å². The van der Waals surface area contributed by atoms with Crippen LogP contribution >= 0.6 is 0 Å². The van der Waals surface area contributed by atoms with Crippen molar-refractivity contribution in [3.05, 3.63) is 24.3 Å². The summed E-state index contributed by atoms with van der Waals surface area (Å²) in [4.78, 5) is 26.9. The Kier molecular flexibility index (Phi) is 10.1. The van der Waals surface area contributed by atoms with Crippen molar-refractivity contribution < 1.29 is 19.4 Å². The largest absolute Gasteiger partial charge is 0.491 e. The smallest absolute Gasteiger partial charge is 0.319 e. The van der Waals surface area contributed by atoms with Crippen LogP contribution in [0.3, 0.4) is 0 Å². The van der Waals surface area contributed by atoms with E-state index in [9.17, 15) is 14.7 Å². The first-order valence-corrected chi connectivity index (χ1v) is 13.3. The SMILES string of the molecule is CC(C)(C)N(CC(O)COc1ccc(NC(=O)NC2CCCCC2)cc1)C(=O)NC1CCCCC1. The van der Waals surface area contributed by atoms with Crippen LogP contribution in [-0.4, -0.2) is 58.9 Å². The fraction of sp³-hybridized carbons (Fsp3) is 0.704. The van der Waals surface area contributed by atoms with Crippen LogP contribution in [0.5, 0.6) is 5.75 Å².